The molecule has 0 heterocycles. The molecule has 0 fully saturated rings. The summed E-state index contributed by atoms with van der Waals surface area (Å²) in [5.74, 6) is -0.0120. The molecule has 0 aromatic heterocycles. The van der Waals surface area contributed by atoms with Crippen molar-refractivity contribution in [1.29, 1.82) is 0 Å². The molecular weight excluding hydrogens is 236 g/mol. The number of nitrogens with one attached hydrogen (secondary N) is 2. The molecule has 3 heteroatoms. The summed E-state index contributed by atoms with van der Waals surface area (Å²) in [7, 11) is 0. The van der Waals surface area contributed by atoms with Gasteiger partial charge in [0.2, 0.25) is 0 Å². The van der Waals surface area contributed by atoms with Gasteiger partial charge in [-0.25, -0.2) is 0 Å². The second-order valence-corrected chi connectivity index (χ2v) is 6.14. The van der Waals surface area contributed by atoms with Crippen LogP contribution in [0, 0.1) is 12.3 Å². The van der Waals surface area contributed by atoms with Gasteiger partial charge >= 0.3 is 0 Å². The van der Waals surface area contributed by atoms with Crippen molar-refractivity contribution in [3.8, 4) is 0 Å². The minimum absolute atomic E-state index is 0.0120. The molecule has 0 spiro atoms. The van der Waals surface area contributed by atoms with Crippen LogP contribution in [0.3, 0.4) is 0 Å². The summed E-state index contributed by atoms with van der Waals surface area (Å²) in [6, 6.07) is 6.04. The summed E-state index contributed by atoms with van der Waals surface area (Å²) < 4.78 is 0. The normalized spacial score (nSPS) is 12.9. The third-order valence-electron chi connectivity index (χ3n) is 3.43. The van der Waals surface area contributed by atoms with Crippen LogP contribution in [0.5, 0.6) is 0 Å². The van der Waals surface area contributed by atoms with E-state index < -0.39 is 0 Å². The van der Waals surface area contributed by atoms with E-state index in [4.69, 9.17) is 0 Å². The highest BCUT2D eigenvalue weighted by molar-refractivity contribution is 6.00. The van der Waals surface area contributed by atoms with Crippen LogP contribution in [0.15, 0.2) is 18.2 Å². The Bertz CT molecular complexity index is 447. The summed E-state index contributed by atoms with van der Waals surface area (Å²) in [6.45, 7) is 13.2. The number of benzene rings is 1. The van der Waals surface area contributed by atoms with Crippen molar-refractivity contribution >= 4 is 11.6 Å². The van der Waals surface area contributed by atoms with E-state index in [1.54, 1.807) is 0 Å². The lowest BCUT2D eigenvalue weighted by Gasteiger charge is -2.28. The second-order valence-electron chi connectivity index (χ2n) is 6.14. The van der Waals surface area contributed by atoms with Gasteiger partial charge in [0.25, 0.3) is 5.91 Å². The first-order valence-electron chi connectivity index (χ1n) is 6.91. The van der Waals surface area contributed by atoms with Crippen LogP contribution in [0.4, 0.5) is 5.69 Å². The number of aryl methyl sites for hydroxylation is 1. The molecule has 0 aliphatic heterocycles. The van der Waals surface area contributed by atoms with Gasteiger partial charge in [-0.2, -0.15) is 0 Å². The first kappa shape index (κ1) is 15.5. The number of amides is 1. The van der Waals surface area contributed by atoms with Crippen molar-refractivity contribution in [3.63, 3.8) is 0 Å². The van der Waals surface area contributed by atoms with E-state index in [2.05, 4.69) is 31.4 Å². The zero-order valence-corrected chi connectivity index (χ0v) is 12.9. The standard InChI is InChI=1S/C16H26N2O/c1-7-17-14-9-8-11(2)10-13(14)15(19)18-12(3)16(4,5)6/h8-10,12,17H,7H2,1-6H3,(H,18,19). The highest BCUT2D eigenvalue weighted by Crippen LogP contribution is 2.21. The van der Waals surface area contributed by atoms with Gasteiger partial charge < -0.3 is 10.6 Å². The summed E-state index contributed by atoms with van der Waals surface area (Å²) in [4.78, 5) is 12.4. The van der Waals surface area contributed by atoms with E-state index in [9.17, 15) is 4.79 Å². The maximum absolute atomic E-state index is 12.4. The molecule has 1 amide bonds. The first-order valence-corrected chi connectivity index (χ1v) is 6.91. The number of hydrogen-bond donors (Lipinski definition) is 2. The van der Waals surface area contributed by atoms with Crippen molar-refractivity contribution in [2.24, 2.45) is 5.41 Å². The van der Waals surface area contributed by atoms with E-state index in [1.165, 1.54) is 0 Å². The maximum Gasteiger partial charge on any atom is 0.253 e. The van der Waals surface area contributed by atoms with Crippen LogP contribution in [-0.4, -0.2) is 18.5 Å². The molecule has 1 atom stereocenters. The van der Waals surface area contributed by atoms with Gasteiger partial charge in [-0.15, -0.1) is 0 Å². The molecule has 2 N–H and O–H groups in total. The number of carbonyl (C=O) groups excluding carboxylic acids is 1. The van der Waals surface area contributed by atoms with Crippen LogP contribution in [0.1, 0.15) is 50.5 Å². The zero-order chi connectivity index (χ0) is 14.6. The fourth-order valence-corrected chi connectivity index (χ4v) is 1.68. The number of hydrogen-bond acceptors (Lipinski definition) is 2. The molecule has 0 radical (unpaired) electrons. The Kier molecular flexibility index (Phi) is 4.98. The quantitative estimate of drug-likeness (QED) is 0.870. The van der Waals surface area contributed by atoms with Crippen LogP contribution < -0.4 is 10.6 Å². The van der Waals surface area contributed by atoms with Crippen molar-refractivity contribution in [1.82, 2.24) is 5.32 Å². The fourth-order valence-electron chi connectivity index (χ4n) is 1.68. The van der Waals surface area contributed by atoms with E-state index in [-0.39, 0.29) is 17.4 Å². The fraction of sp³-hybridized carbons (Fsp3) is 0.562. The number of rotatable bonds is 4. The molecule has 19 heavy (non-hydrogen) atoms. The zero-order valence-electron chi connectivity index (χ0n) is 12.9. The SMILES string of the molecule is CCNc1ccc(C)cc1C(=O)NC(C)C(C)(C)C. The van der Waals surface area contributed by atoms with E-state index in [0.29, 0.717) is 0 Å². The summed E-state index contributed by atoms with van der Waals surface area (Å²) >= 11 is 0. The molecule has 1 unspecified atom stereocenters. The Morgan fingerprint density at radius 3 is 2.47 bits per heavy atom. The Morgan fingerprint density at radius 1 is 1.32 bits per heavy atom. The van der Waals surface area contributed by atoms with Gasteiger partial charge in [-0.1, -0.05) is 32.4 Å². The molecule has 0 aliphatic carbocycles. The van der Waals surface area contributed by atoms with Crippen molar-refractivity contribution < 1.29 is 4.79 Å². The van der Waals surface area contributed by atoms with Crippen LogP contribution in [-0.2, 0) is 0 Å². The van der Waals surface area contributed by atoms with Gasteiger partial charge in [0.05, 0.1) is 5.56 Å². The maximum atomic E-state index is 12.4. The Labute approximate surface area is 116 Å². The highest BCUT2D eigenvalue weighted by Gasteiger charge is 2.23. The Hall–Kier alpha value is -1.51. The first-order chi connectivity index (χ1) is 8.75. The van der Waals surface area contributed by atoms with E-state index in [1.807, 2.05) is 39.0 Å². The molecule has 1 aromatic rings. The molecular formula is C16H26N2O. The third kappa shape index (κ3) is 4.27. The Morgan fingerprint density at radius 2 is 1.95 bits per heavy atom. The molecule has 0 saturated heterocycles. The minimum atomic E-state index is -0.0120. The number of carbonyl (C=O) groups is 1. The average molecular weight is 262 g/mol. The summed E-state index contributed by atoms with van der Waals surface area (Å²) in [5, 5.41) is 6.32. The van der Waals surface area contributed by atoms with Gasteiger partial charge in [0.15, 0.2) is 0 Å². The van der Waals surface area contributed by atoms with E-state index in [0.717, 1.165) is 23.4 Å². The molecule has 0 aliphatic rings. The van der Waals surface area contributed by atoms with Gasteiger partial charge in [0.1, 0.15) is 0 Å². The van der Waals surface area contributed by atoms with Crippen LogP contribution in [0.2, 0.25) is 0 Å². The summed E-state index contributed by atoms with van der Waals surface area (Å²) in [6.07, 6.45) is 0. The largest absolute Gasteiger partial charge is 0.385 e. The second kappa shape index (κ2) is 6.09. The van der Waals surface area contributed by atoms with Gasteiger partial charge in [-0.3, -0.25) is 4.79 Å². The lowest BCUT2D eigenvalue weighted by atomic mass is 9.88. The third-order valence-corrected chi connectivity index (χ3v) is 3.43. The van der Waals surface area contributed by atoms with Crippen molar-refractivity contribution in [2.75, 3.05) is 11.9 Å². The smallest absolute Gasteiger partial charge is 0.253 e. The number of anilines is 1. The highest BCUT2D eigenvalue weighted by atomic mass is 16.1. The predicted octanol–water partition coefficient (Wildman–Crippen LogP) is 3.59. The molecule has 0 bridgehead atoms. The molecule has 3 nitrogen and oxygen atoms in total. The van der Waals surface area contributed by atoms with Crippen molar-refractivity contribution in [3.05, 3.63) is 29.3 Å². The van der Waals surface area contributed by atoms with Crippen molar-refractivity contribution in [2.45, 2.75) is 47.6 Å². The van der Waals surface area contributed by atoms with Gasteiger partial charge in [0, 0.05) is 18.3 Å². The van der Waals surface area contributed by atoms with Crippen LogP contribution in [0.25, 0.3) is 0 Å². The molecule has 1 aromatic carbocycles. The summed E-state index contributed by atoms with van der Waals surface area (Å²) in [5.41, 5.74) is 2.76. The molecule has 106 valence electrons. The van der Waals surface area contributed by atoms with E-state index >= 15 is 0 Å². The Balaban J connectivity index is 2.95. The minimum Gasteiger partial charge on any atom is -0.385 e. The van der Waals surface area contributed by atoms with Gasteiger partial charge in [-0.05, 0) is 38.3 Å². The predicted molar refractivity (Wildman–Crippen MR) is 81.7 cm³/mol. The topological polar surface area (TPSA) is 41.1 Å². The molecule has 1 rings (SSSR count). The monoisotopic (exact) mass is 262 g/mol. The molecule has 0 saturated carbocycles. The lowest BCUT2D eigenvalue weighted by molar-refractivity contribution is 0.0911. The van der Waals surface area contributed by atoms with Crippen LogP contribution >= 0.6 is 0 Å². The average Bonchev–Trinajstić information content (AvgIpc) is 2.30. The lowest BCUT2D eigenvalue weighted by Crippen LogP contribution is -2.41.